The van der Waals surface area contributed by atoms with Crippen molar-refractivity contribution in [3.05, 3.63) is 42.5 Å². The van der Waals surface area contributed by atoms with Crippen LogP contribution in [0.25, 0.3) is 22.8 Å². The first-order valence-corrected chi connectivity index (χ1v) is 5.85. The molecule has 3 rings (SSSR count). The Morgan fingerprint density at radius 1 is 1.00 bits per heavy atom. The Morgan fingerprint density at radius 2 is 1.85 bits per heavy atom. The standard InChI is InChI=1S/C14H11N3O3/c15-11-5-4-9(7-12(11)19)14-16-13(17-20-14)8-2-1-3-10(18)6-8/h1-7,18-19H,15H2. The number of hydrogen-bond donors (Lipinski definition) is 3. The van der Waals surface area contributed by atoms with E-state index in [2.05, 4.69) is 10.1 Å². The zero-order valence-corrected chi connectivity index (χ0v) is 10.3. The summed E-state index contributed by atoms with van der Waals surface area (Å²) < 4.78 is 5.15. The minimum atomic E-state index is -0.0420. The van der Waals surface area contributed by atoms with Crippen molar-refractivity contribution in [2.45, 2.75) is 0 Å². The van der Waals surface area contributed by atoms with Crippen molar-refractivity contribution in [2.24, 2.45) is 0 Å². The molecule has 4 N–H and O–H groups in total. The Balaban J connectivity index is 1.99. The summed E-state index contributed by atoms with van der Waals surface area (Å²) in [6, 6.07) is 11.2. The van der Waals surface area contributed by atoms with E-state index in [-0.39, 0.29) is 23.1 Å². The summed E-state index contributed by atoms with van der Waals surface area (Å²) in [5.41, 5.74) is 7.02. The second-order valence-electron chi connectivity index (χ2n) is 4.25. The topological polar surface area (TPSA) is 105 Å². The zero-order chi connectivity index (χ0) is 14.1. The maximum absolute atomic E-state index is 9.57. The van der Waals surface area contributed by atoms with E-state index in [0.29, 0.717) is 17.0 Å². The van der Waals surface area contributed by atoms with Crippen LogP contribution in [0, 0.1) is 0 Å². The molecule has 0 radical (unpaired) electrons. The van der Waals surface area contributed by atoms with Gasteiger partial charge in [-0.3, -0.25) is 0 Å². The van der Waals surface area contributed by atoms with E-state index >= 15 is 0 Å². The van der Waals surface area contributed by atoms with E-state index in [4.69, 9.17) is 10.3 Å². The molecule has 0 fully saturated rings. The van der Waals surface area contributed by atoms with Crippen molar-refractivity contribution in [1.29, 1.82) is 0 Å². The predicted molar refractivity (Wildman–Crippen MR) is 72.9 cm³/mol. The molecule has 0 unspecified atom stereocenters. The fourth-order valence-electron chi connectivity index (χ4n) is 1.78. The van der Waals surface area contributed by atoms with E-state index in [1.165, 1.54) is 12.1 Å². The van der Waals surface area contributed by atoms with Gasteiger partial charge in [0, 0.05) is 11.1 Å². The lowest BCUT2D eigenvalue weighted by atomic mass is 10.2. The van der Waals surface area contributed by atoms with Crippen LogP contribution < -0.4 is 5.73 Å². The molecule has 1 aromatic heterocycles. The first kappa shape index (κ1) is 12.0. The van der Waals surface area contributed by atoms with E-state index in [9.17, 15) is 10.2 Å². The van der Waals surface area contributed by atoms with Gasteiger partial charge < -0.3 is 20.5 Å². The van der Waals surface area contributed by atoms with Crippen molar-refractivity contribution >= 4 is 5.69 Å². The number of hydrogen-bond acceptors (Lipinski definition) is 6. The first-order chi connectivity index (χ1) is 9.63. The fourth-order valence-corrected chi connectivity index (χ4v) is 1.78. The van der Waals surface area contributed by atoms with Gasteiger partial charge in [0.15, 0.2) is 0 Å². The van der Waals surface area contributed by atoms with Gasteiger partial charge in [0.25, 0.3) is 5.89 Å². The van der Waals surface area contributed by atoms with E-state index in [0.717, 1.165) is 0 Å². The van der Waals surface area contributed by atoms with Gasteiger partial charge in [-0.05, 0) is 30.3 Å². The van der Waals surface area contributed by atoms with Gasteiger partial charge >= 0.3 is 0 Å². The molecular weight excluding hydrogens is 258 g/mol. The van der Waals surface area contributed by atoms with Crippen LogP contribution in [0.5, 0.6) is 11.5 Å². The molecule has 0 amide bonds. The number of aromatic hydroxyl groups is 2. The molecule has 6 nitrogen and oxygen atoms in total. The highest BCUT2D eigenvalue weighted by molar-refractivity contribution is 5.66. The highest BCUT2D eigenvalue weighted by atomic mass is 16.5. The maximum Gasteiger partial charge on any atom is 0.258 e. The van der Waals surface area contributed by atoms with E-state index < -0.39 is 0 Å². The molecule has 0 aliphatic carbocycles. The number of phenols is 2. The van der Waals surface area contributed by atoms with Crippen LogP contribution in [0.3, 0.4) is 0 Å². The van der Waals surface area contributed by atoms with Crippen molar-refractivity contribution < 1.29 is 14.7 Å². The molecule has 100 valence electrons. The number of anilines is 1. The molecule has 1 heterocycles. The summed E-state index contributed by atoms with van der Waals surface area (Å²) >= 11 is 0. The van der Waals surface area contributed by atoms with Crippen LogP contribution in [0.2, 0.25) is 0 Å². The average molecular weight is 269 g/mol. The Labute approximate surface area is 114 Å². The maximum atomic E-state index is 9.57. The third kappa shape index (κ3) is 2.14. The smallest absolute Gasteiger partial charge is 0.258 e. The summed E-state index contributed by atoms with van der Waals surface area (Å²) in [6.45, 7) is 0. The monoisotopic (exact) mass is 269 g/mol. The number of rotatable bonds is 2. The molecule has 0 aliphatic rings. The van der Waals surface area contributed by atoms with Crippen molar-refractivity contribution in [3.63, 3.8) is 0 Å². The van der Waals surface area contributed by atoms with Crippen LogP contribution in [0.4, 0.5) is 5.69 Å². The lowest BCUT2D eigenvalue weighted by molar-refractivity contribution is 0.431. The Hall–Kier alpha value is -3.02. The minimum Gasteiger partial charge on any atom is -0.508 e. The third-order valence-electron chi connectivity index (χ3n) is 2.81. The highest BCUT2D eigenvalue weighted by Gasteiger charge is 2.12. The van der Waals surface area contributed by atoms with Crippen LogP contribution in [0.15, 0.2) is 47.0 Å². The van der Waals surface area contributed by atoms with Crippen molar-refractivity contribution in [3.8, 4) is 34.3 Å². The minimum absolute atomic E-state index is 0.0420. The predicted octanol–water partition coefficient (Wildman–Crippen LogP) is 2.40. The van der Waals surface area contributed by atoms with Gasteiger partial charge in [0.05, 0.1) is 5.69 Å². The Kier molecular flexibility index (Phi) is 2.76. The lowest BCUT2D eigenvalue weighted by Crippen LogP contribution is -1.86. The molecule has 0 spiro atoms. The second kappa shape index (κ2) is 4.58. The van der Waals surface area contributed by atoms with Gasteiger partial charge in [-0.2, -0.15) is 4.98 Å². The number of benzene rings is 2. The number of nitrogens with zero attached hydrogens (tertiary/aromatic N) is 2. The molecule has 0 saturated carbocycles. The largest absolute Gasteiger partial charge is 0.508 e. The quantitative estimate of drug-likeness (QED) is 0.487. The number of nitrogen functional groups attached to an aromatic ring is 1. The normalized spacial score (nSPS) is 10.6. The summed E-state index contributed by atoms with van der Waals surface area (Å²) in [4.78, 5) is 4.22. The molecular formula is C14H11N3O3. The number of phenolic OH excluding ortho intramolecular Hbond substituents is 2. The SMILES string of the molecule is Nc1ccc(-c2nc(-c3cccc(O)c3)no2)cc1O. The zero-order valence-electron chi connectivity index (χ0n) is 10.3. The average Bonchev–Trinajstić information content (AvgIpc) is 2.92. The van der Waals surface area contributed by atoms with Gasteiger partial charge in [-0.1, -0.05) is 17.3 Å². The Morgan fingerprint density at radius 3 is 2.60 bits per heavy atom. The third-order valence-corrected chi connectivity index (χ3v) is 2.81. The molecule has 0 atom stereocenters. The van der Waals surface area contributed by atoms with Crippen LogP contribution in [0.1, 0.15) is 0 Å². The second-order valence-corrected chi connectivity index (χ2v) is 4.25. The number of nitrogens with two attached hydrogens (primary N) is 1. The van der Waals surface area contributed by atoms with Crippen molar-refractivity contribution in [2.75, 3.05) is 5.73 Å². The Bertz CT molecular complexity index is 768. The van der Waals surface area contributed by atoms with E-state index in [1.54, 1.807) is 30.3 Å². The van der Waals surface area contributed by atoms with Gasteiger partial charge in [0.2, 0.25) is 5.82 Å². The van der Waals surface area contributed by atoms with E-state index in [1.807, 2.05) is 0 Å². The van der Waals surface area contributed by atoms with Gasteiger partial charge in [-0.25, -0.2) is 0 Å². The molecule has 3 aromatic rings. The van der Waals surface area contributed by atoms with Crippen molar-refractivity contribution in [1.82, 2.24) is 10.1 Å². The van der Waals surface area contributed by atoms with Crippen LogP contribution >= 0.6 is 0 Å². The molecule has 0 bridgehead atoms. The summed E-state index contributed by atoms with van der Waals surface area (Å²) in [5.74, 6) is 0.699. The molecule has 6 heteroatoms. The summed E-state index contributed by atoms with van der Waals surface area (Å²) in [7, 11) is 0. The van der Waals surface area contributed by atoms with Crippen LogP contribution in [-0.4, -0.2) is 20.4 Å². The summed E-state index contributed by atoms with van der Waals surface area (Å²) in [6.07, 6.45) is 0. The molecule has 0 aliphatic heterocycles. The van der Waals surface area contributed by atoms with Crippen LogP contribution in [-0.2, 0) is 0 Å². The highest BCUT2D eigenvalue weighted by Crippen LogP contribution is 2.28. The van der Waals surface area contributed by atoms with Gasteiger partial charge in [-0.15, -0.1) is 0 Å². The molecule has 20 heavy (non-hydrogen) atoms. The first-order valence-electron chi connectivity index (χ1n) is 5.85. The fraction of sp³-hybridized carbons (Fsp3) is 0. The number of aromatic nitrogens is 2. The molecule has 2 aromatic carbocycles. The molecule has 0 saturated heterocycles. The lowest BCUT2D eigenvalue weighted by Gasteiger charge is -1.99. The summed E-state index contributed by atoms with van der Waals surface area (Å²) in [5, 5.41) is 22.9. The van der Waals surface area contributed by atoms with Gasteiger partial charge in [0.1, 0.15) is 11.5 Å².